The Kier molecular flexibility index (Phi) is 8.79. The molecule has 0 aliphatic carbocycles. The molecule has 0 spiro atoms. The smallest absolute Gasteiger partial charge is 0.160 e. The van der Waals surface area contributed by atoms with Crippen molar-refractivity contribution < 1.29 is 0 Å². The van der Waals surface area contributed by atoms with Gasteiger partial charge in [-0.2, -0.15) is 0 Å². The first-order chi connectivity index (χ1) is 31.2. The van der Waals surface area contributed by atoms with Crippen molar-refractivity contribution in [2.24, 2.45) is 0 Å². The van der Waals surface area contributed by atoms with Crippen LogP contribution in [0.1, 0.15) is 0 Å². The molecule has 12 aromatic rings. The maximum atomic E-state index is 5.56. The predicted molar refractivity (Wildman–Crippen MR) is 262 cm³/mol. The normalized spacial score (nSPS) is 11.5. The Morgan fingerprint density at radius 3 is 1.44 bits per heavy atom. The van der Waals surface area contributed by atoms with E-state index in [9.17, 15) is 0 Å². The summed E-state index contributed by atoms with van der Waals surface area (Å²) in [6.07, 6.45) is 0. The minimum Gasteiger partial charge on any atom is -0.309 e. The summed E-state index contributed by atoms with van der Waals surface area (Å²) in [7, 11) is 0. The lowest BCUT2D eigenvalue weighted by molar-refractivity contribution is 1.18. The van der Waals surface area contributed by atoms with Gasteiger partial charge in [0, 0.05) is 55.0 Å². The first kappa shape index (κ1) is 36.4. The molecule has 4 heteroatoms. The summed E-state index contributed by atoms with van der Waals surface area (Å²) in [5, 5.41) is 5.91. The molecule has 0 bridgehead atoms. The number of para-hydroxylation sites is 3. The van der Waals surface area contributed by atoms with E-state index in [0.29, 0.717) is 5.82 Å². The van der Waals surface area contributed by atoms with Crippen LogP contribution in [0.5, 0.6) is 0 Å². The van der Waals surface area contributed by atoms with E-state index >= 15 is 0 Å². The van der Waals surface area contributed by atoms with E-state index in [2.05, 4.69) is 199 Å². The summed E-state index contributed by atoms with van der Waals surface area (Å²) in [6, 6.07) is 81.5. The van der Waals surface area contributed by atoms with E-state index in [-0.39, 0.29) is 0 Å². The van der Waals surface area contributed by atoms with Crippen LogP contribution < -0.4 is 0 Å². The molecule has 9 aromatic carbocycles. The Hall–Kier alpha value is -8.47. The van der Waals surface area contributed by atoms with Crippen LogP contribution in [0.15, 0.2) is 231 Å². The highest BCUT2D eigenvalue weighted by Crippen LogP contribution is 2.42. The number of nitrogens with zero attached hydrogens (tertiary/aromatic N) is 4. The van der Waals surface area contributed by atoms with Gasteiger partial charge in [0.2, 0.25) is 0 Å². The van der Waals surface area contributed by atoms with E-state index in [0.717, 1.165) is 89.1 Å². The number of hydrogen-bond acceptors (Lipinski definition) is 3. The molecule has 12 rings (SSSR count). The molecule has 0 saturated heterocycles. The topological polar surface area (TPSA) is 43.6 Å². The van der Waals surface area contributed by atoms with Gasteiger partial charge in [-0.25, -0.2) is 15.0 Å². The van der Waals surface area contributed by atoms with Crippen molar-refractivity contribution in [1.29, 1.82) is 0 Å². The van der Waals surface area contributed by atoms with Gasteiger partial charge in [0.05, 0.1) is 33.6 Å². The van der Waals surface area contributed by atoms with Crippen molar-refractivity contribution in [3.05, 3.63) is 231 Å². The maximum absolute atomic E-state index is 5.56. The quantitative estimate of drug-likeness (QED) is 0.151. The van der Waals surface area contributed by atoms with Crippen LogP contribution in [0.2, 0.25) is 0 Å². The summed E-state index contributed by atoms with van der Waals surface area (Å²) in [5.74, 6) is 0.700. The van der Waals surface area contributed by atoms with Gasteiger partial charge in [0.15, 0.2) is 5.82 Å². The summed E-state index contributed by atoms with van der Waals surface area (Å²) in [6.45, 7) is 0. The standard InChI is InChI=1S/C59H38N4/c1-5-16-42(17-6-1)53-38-54(43-18-7-2-8-19-43)61-59(60-53)45-34-30-40(31-35-45)39-28-32-41(33-29-39)47-25-15-26-49-50-36-51-48-24-13-14-27-55(48)63(46-22-11-4-12-23-46)56(51)37-52(50)57(62-58(47)49)44-20-9-3-10-21-44/h1-38H. The summed E-state index contributed by atoms with van der Waals surface area (Å²) >= 11 is 0. The molecule has 0 atom stereocenters. The molecule has 294 valence electrons. The van der Waals surface area contributed by atoms with E-state index in [1.54, 1.807) is 0 Å². The first-order valence-corrected chi connectivity index (χ1v) is 21.4. The Morgan fingerprint density at radius 1 is 0.286 bits per heavy atom. The van der Waals surface area contributed by atoms with Crippen molar-refractivity contribution in [3.63, 3.8) is 0 Å². The number of rotatable bonds is 7. The number of hydrogen-bond donors (Lipinski definition) is 0. The van der Waals surface area contributed by atoms with Gasteiger partial charge in [0.25, 0.3) is 0 Å². The predicted octanol–water partition coefficient (Wildman–Crippen LogP) is 15.3. The van der Waals surface area contributed by atoms with Gasteiger partial charge < -0.3 is 4.57 Å². The third kappa shape index (κ3) is 6.44. The molecule has 4 nitrogen and oxygen atoms in total. The van der Waals surface area contributed by atoms with Crippen molar-refractivity contribution >= 4 is 43.5 Å². The van der Waals surface area contributed by atoms with Gasteiger partial charge in [-0.1, -0.05) is 194 Å². The van der Waals surface area contributed by atoms with E-state index < -0.39 is 0 Å². The third-order valence-corrected chi connectivity index (χ3v) is 12.2. The Morgan fingerprint density at radius 2 is 0.810 bits per heavy atom. The van der Waals surface area contributed by atoms with Crippen LogP contribution in [0.3, 0.4) is 0 Å². The highest BCUT2D eigenvalue weighted by Gasteiger charge is 2.19. The average Bonchev–Trinajstić information content (AvgIpc) is 3.69. The fourth-order valence-electron chi connectivity index (χ4n) is 9.14. The second-order valence-electron chi connectivity index (χ2n) is 16.0. The van der Waals surface area contributed by atoms with Gasteiger partial charge >= 0.3 is 0 Å². The number of pyridine rings is 1. The van der Waals surface area contributed by atoms with E-state index in [1.807, 2.05) is 36.4 Å². The molecule has 0 saturated carbocycles. The molecular formula is C59H38N4. The largest absolute Gasteiger partial charge is 0.309 e. The molecule has 0 unspecified atom stereocenters. The van der Waals surface area contributed by atoms with Crippen LogP contribution in [0.4, 0.5) is 0 Å². The summed E-state index contributed by atoms with van der Waals surface area (Å²) in [5.41, 5.74) is 15.9. The fraction of sp³-hybridized carbons (Fsp3) is 0. The zero-order valence-electron chi connectivity index (χ0n) is 34.2. The van der Waals surface area contributed by atoms with Crippen molar-refractivity contribution in [3.8, 4) is 73.1 Å². The van der Waals surface area contributed by atoms with Crippen LogP contribution in [-0.4, -0.2) is 19.5 Å². The van der Waals surface area contributed by atoms with E-state index in [4.69, 9.17) is 15.0 Å². The molecule has 63 heavy (non-hydrogen) atoms. The molecule has 3 heterocycles. The Bertz CT molecular complexity index is 3560. The lowest BCUT2D eigenvalue weighted by Gasteiger charge is -2.15. The lowest BCUT2D eigenvalue weighted by Crippen LogP contribution is -1.96. The highest BCUT2D eigenvalue weighted by molar-refractivity contribution is 6.21. The van der Waals surface area contributed by atoms with Crippen LogP contribution in [0.25, 0.3) is 117 Å². The molecule has 3 aromatic heterocycles. The van der Waals surface area contributed by atoms with Crippen LogP contribution in [0, 0.1) is 0 Å². The molecule has 0 radical (unpaired) electrons. The molecule has 0 aliphatic heterocycles. The van der Waals surface area contributed by atoms with Gasteiger partial charge in [-0.15, -0.1) is 0 Å². The van der Waals surface area contributed by atoms with Crippen molar-refractivity contribution in [1.82, 2.24) is 19.5 Å². The van der Waals surface area contributed by atoms with Gasteiger partial charge in [-0.05, 0) is 58.5 Å². The van der Waals surface area contributed by atoms with Crippen LogP contribution in [-0.2, 0) is 0 Å². The van der Waals surface area contributed by atoms with Crippen molar-refractivity contribution in [2.45, 2.75) is 0 Å². The van der Waals surface area contributed by atoms with Gasteiger partial charge in [-0.3, -0.25) is 0 Å². The monoisotopic (exact) mass is 802 g/mol. The molecule has 0 aliphatic rings. The second-order valence-corrected chi connectivity index (χ2v) is 16.0. The number of fused-ring (bicyclic) bond motifs is 6. The minimum absolute atomic E-state index is 0.700. The van der Waals surface area contributed by atoms with Crippen molar-refractivity contribution in [2.75, 3.05) is 0 Å². The lowest BCUT2D eigenvalue weighted by atomic mass is 9.94. The zero-order valence-corrected chi connectivity index (χ0v) is 34.2. The fourth-order valence-corrected chi connectivity index (χ4v) is 9.14. The highest BCUT2D eigenvalue weighted by atomic mass is 15.0. The van der Waals surface area contributed by atoms with Gasteiger partial charge in [0.1, 0.15) is 0 Å². The Balaban J connectivity index is 0.950. The first-order valence-electron chi connectivity index (χ1n) is 21.4. The molecular weight excluding hydrogens is 765 g/mol. The average molecular weight is 803 g/mol. The minimum atomic E-state index is 0.700. The van der Waals surface area contributed by atoms with Crippen LogP contribution >= 0.6 is 0 Å². The van der Waals surface area contributed by atoms with E-state index in [1.165, 1.54) is 21.7 Å². The summed E-state index contributed by atoms with van der Waals surface area (Å²) < 4.78 is 2.38. The molecule has 0 N–H and O–H groups in total. The SMILES string of the molecule is c1ccc(-c2cc(-c3ccccc3)nc(-c3ccc(-c4ccc(-c5cccc6c5nc(-c5ccccc5)c5cc7c(cc56)c5ccccc5n7-c5ccccc5)cc4)cc3)n2)cc1. The molecule has 0 fully saturated rings. The zero-order chi connectivity index (χ0) is 41.7. The number of aromatic nitrogens is 4. The second kappa shape index (κ2) is 15.2. The molecule has 0 amide bonds. The summed E-state index contributed by atoms with van der Waals surface area (Å²) in [4.78, 5) is 15.6. The Labute approximate surface area is 365 Å². The number of benzene rings is 9. The maximum Gasteiger partial charge on any atom is 0.160 e. The third-order valence-electron chi connectivity index (χ3n) is 12.2.